The Labute approximate surface area is 207 Å². The molecule has 0 radical (unpaired) electrons. The van der Waals surface area contributed by atoms with Gasteiger partial charge in [0, 0.05) is 37.6 Å². The van der Waals surface area contributed by atoms with Crippen LogP contribution in [-0.2, 0) is 9.53 Å². The van der Waals surface area contributed by atoms with Crippen molar-refractivity contribution >= 4 is 12.0 Å². The van der Waals surface area contributed by atoms with Gasteiger partial charge in [0.05, 0.1) is 12.3 Å². The highest BCUT2D eigenvalue weighted by molar-refractivity contribution is 6.02. The maximum atomic E-state index is 12.6. The third kappa shape index (κ3) is 7.05. The predicted octanol–water partition coefficient (Wildman–Crippen LogP) is 5.09. The number of nitrogens with zero attached hydrogens (tertiary/aromatic N) is 3. The number of aryl methyl sites for hydroxylation is 1. The first kappa shape index (κ1) is 25.7. The molecular weight excluding hydrogens is 440 g/mol. The number of ether oxygens (including phenoxy) is 2. The zero-order chi connectivity index (χ0) is 25.0. The van der Waals surface area contributed by atoms with Gasteiger partial charge < -0.3 is 14.8 Å². The van der Waals surface area contributed by atoms with Crippen LogP contribution in [0.15, 0.2) is 60.3 Å². The Kier molecular flexibility index (Phi) is 9.64. The number of hydrogen-bond donors (Lipinski definition) is 1. The number of aromatic nitrogens is 2. The number of carbonyl (C=O) groups excluding carboxylic acids is 1. The lowest BCUT2D eigenvalue weighted by Crippen LogP contribution is -2.26. The van der Waals surface area contributed by atoms with Gasteiger partial charge in [0.15, 0.2) is 0 Å². The van der Waals surface area contributed by atoms with Crippen LogP contribution in [0.1, 0.15) is 37.3 Å². The van der Waals surface area contributed by atoms with Crippen molar-refractivity contribution in [2.24, 2.45) is 0 Å². The highest BCUT2D eigenvalue weighted by Crippen LogP contribution is 2.30. The van der Waals surface area contributed by atoms with Crippen molar-refractivity contribution in [1.82, 2.24) is 15.1 Å². The Morgan fingerprint density at radius 3 is 2.66 bits per heavy atom. The minimum atomic E-state index is -0.418. The van der Waals surface area contributed by atoms with E-state index in [1.165, 1.54) is 0 Å². The minimum absolute atomic E-state index is 0.0217. The zero-order valence-electron chi connectivity index (χ0n) is 20.6. The third-order valence-electron chi connectivity index (χ3n) is 5.46. The van der Waals surface area contributed by atoms with Crippen LogP contribution in [0.5, 0.6) is 5.75 Å². The van der Waals surface area contributed by atoms with E-state index in [1.54, 1.807) is 17.9 Å². The molecule has 1 N–H and O–H groups in total. The van der Waals surface area contributed by atoms with Crippen molar-refractivity contribution in [2.45, 2.75) is 33.1 Å². The van der Waals surface area contributed by atoms with Crippen LogP contribution < -0.4 is 10.1 Å². The molecule has 0 aliphatic heterocycles. The second kappa shape index (κ2) is 13.1. The Balaban J connectivity index is 1.98. The number of methoxy groups -OCH3 is 1. The molecule has 0 aliphatic rings. The number of amides is 1. The van der Waals surface area contributed by atoms with Gasteiger partial charge in [-0.15, -0.1) is 0 Å². The summed E-state index contributed by atoms with van der Waals surface area (Å²) < 4.78 is 12.6. The van der Waals surface area contributed by atoms with E-state index in [0.29, 0.717) is 37.4 Å². The molecule has 0 atom stereocenters. The average molecular weight is 473 g/mol. The molecule has 1 heterocycles. The summed E-state index contributed by atoms with van der Waals surface area (Å²) in [6, 6.07) is 17.7. The van der Waals surface area contributed by atoms with Crippen LogP contribution in [0.4, 0.5) is 0 Å². The Morgan fingerprint density at radius 1 is 1.17 bits per heavy atom. The number of hydrogen-bond acceptors (Lipinski definition) is 5. The van der Waals surface area contributed by atoms with Crippen LogP contribution in [0.2, 0.25) is 0 Å². The highest BCUT2D eigenvalue weighted by atomic mass is 16.5. The predicted molar refractivity (Wildman–Crippen MR) is 137 cm³/mol. The molecule has 1 amide bonds. The topological polar surface area (TPSA) is 89.2 Å². The summed E-state index contributed by atoms with van der Waals surface area (Å²) in [5, 5.41) is 17.3. The van der Waals surface area contributed by atoms with E-state index in [0.717, 1.165) is 35.4 Å². The van der Waals surface area contributed by atoms with Crippen LogP contribution >= 0.6 is 0 Å². The standard InChI is InChI=1S/C28H32N4O3/c1-4-5-16-35-25-12-13-26(21(2)17-25)27-23(20-32(31-27)24-10-7-6-8-11-24)18-22(19-29)28(33)30-14-9-15-34-3/h6-8,10-13,17-18,20H,4-5,9,14-16H2,1-3H3,(H,30,33)/b22-18+. The maximum Gasteiger partial charge on any atom is 0.261 e. The number of nitriles is 1. The van der Waals surface area contributed by atoms with E-state index in [4.69, 9.17) is 14.6 Å². The van der Waals surface area contributed by atoms with Crippen molar-refractivity contribution < 1.29 is 14.3 Å². The van der Waals surface area contributed by atoms with E-state index in [2.05, 4.69) is 12.2 Å². The fourth-order valence-electron chi connectivity index (χ4n) is 3.56. The van der Waals surface area contributed by atoms with Gasteiger partial charge in [-0.1, -0.05) is 31.5 Å². The van der Waals surface area contributed by atoms with Crippen LogP contribution in [0.3, 0.4) is 0 Å². The molecule has 0 saturated heterocycles. The summed E-state index contributed by atoms with van der Waals surface area (Å²) in [6.45, 7) is 5.78. The first-order valence-electron chi connectivity index (χ1n) is 11.8. The van der Waals surface area contributed by atoms with Crippen molar-refractivity contribution in [1.29, 1.82) is 5.26 Å². The van der Waals surface area contributed by atoms with Crippen LogP contribution in [-0.4, -0.2) is 42.6 Å². The summed E-state index contributed by atoms with van der Waals surface area (Å²) in [4.78, 5) is 12.6. The minimum Gasteiger partial charge on any atom is -0.494 e. The monoisotopic (exact) mass is 472 g/mol. The summed E-state index contributed by atoms with van der Waals surface area (Å²) >= 11 is 0. The molecule has 0 spiro atoms. The van der Waals surface area contributed by atoms with Gasteiger partial charge in [0.1, 0.15) is 23.1 Å². The molecule has 1 aromatic heterocycles. The first-order chi connectivity index (χ1) is 17.1. The molecule has 3 aromatic rings. The van der Waals surface area contributed by atoms with E-state index >= 15 is 0 Å². The molecular formula is C28H32N4O3. The van der Waals surface area contributed by atoms with Gasteiger partial charge in [0.25, 0.3) is 5.91 Å². The molecule has 0 saturated carbocycles. The average Bonchev–Trinajstić information content (AvgIpc) is 3.29. The summed E-state index contributed by atoms with van der Waals surface area (Å²) in [7, 11) is 1.61. The lowest BCUT2D eigenvalue weighted by Gasteiger charge is -2.10. The van der Waals surface area contributed by atoms with Gasteiger partial charge in [0.2, 0.25) is 0 Å². The Morgan fingerprint density at radius 2 is 1.97 bits per heavy atom. The SMILES string of the molecule is CCCCOc1ccc(-c2nn(-c3ccccc3)cc2/C=C(\C#N)C(=O)NCCCOC)c(C)c1. The molecule has 2 aromatic carbocycles. The molecule has 182 valence electrons. The second-order valence-corrected chi connectivity index (χ2v) is 8.16. The van der Waals surface area contributed by atoms with Crippen molar-refractivity contribution in [2.75, 3.05) is 26.9 Å². The fourth-order valence-corrected chi connectivity index (χ4v) is 3.56. The number of carbonyl (C=O) groups is 1. The number of para-hydroxylation sites is 1. The number of rotatable bonds is 12. The Hall–Kier alpha value is -3.89. The molecule has 0 unspecified atom stereocenters. The van der Waals surface area contributed by atoms with Gasteiger partial charge in [-0.05, 0) is 61.7 Å². The Bertz CT molecular complexity index is 1190. The highest BCUT2D eigenvalue weighted by Gasteiger charge is 2.16. The number of unbranched alkanes of at least 4 members (excludes halogenated alkanes) is 1. The van der Waals surface area contributed by atoms with E-state index in [1.807, 2.05) is 67.7 Å². The smallest absolute Gasteiger partial charge is 0.261 e. The molecule has 7 nitrogen and oxygen atoms in total. The lowest BCUT2D eigenvalue weighted by molar-refractivity contribution is -0.117. The molecule has 7 heteroatoms. The first-order valence-corrected chi connectivity index (χ1v) is 11.8. The van der Waals surface area contributed by atoms with Crippen molar-refractivity contribution in [3.8, 4) is 28.8 Å². The number of benzene rings is 2. The summed E-state index contributed by atoms with van der Waals surface area (Å²) in [5.74, 6) is 0.394. The quantitative estimate of drug-likeness (QED) is 0.225. The van der Waals surface area contributed by atoms with Gasteiger partial charge in [-0.2, -0.15) is 10.4 Å². The lowest BCUT2D eigenvalue weighted by atomic mass is 10.0. The maximum absolute atomic E-state index is 12.6. The zero-order valence-corrected chi connectivity index (χ0v) is 20.6. The van der Waals surface area contributed by atoms with Crippen LogP contribution in [0.25, 0.3) is 23.0 Å². The summed E-state index contributed by atoms with van der Waals surface area (Å²) in [6.07, 6.45) is 6.18. The van der Waals surface area contributed by atoms with Crippen LogP contribution in [0, 0.1) is 18.3 Å². The summed E-state index contributed by atoms with van der Waals surface area (Å²) in [5.41, 5.74) is 4.18. The number of nitrogens with one attached hydrogen (secondary N) is 1. The van der Waals surface area contributed by atoms with E-state index in [9.17, 15) is 10.1 Å². The largest absolute Gasteiger partial charge is 0.494 e. The van der Waals surface area contributed by atoms with E-state index in [-0.39, 0.29) is 5.57 Å². The van der Waals surface area contributed by atoms with E-state index < -0.39 is 5.91 Å². The molecule has 3 rings (SSSR count). The van der Waals surface area contributed by atoms with Gasteiger partial charge >= 0.3 is 0 Å². The molecule has 0 fully saturated rings. The second-order valence-electron chi connectivity index (χ2n) is 8.16. The third-order valence-corrected chi connectivity index (χ3v) is 5.46. The molecule has 0 aliphatic carbocycles. The van der Waals surface area contributed by atoms with Gasteiger partial charge in [-0.25, -0.2) is 4.68 Å². The normalized spacial score (nSPS) is 11.2. The van der Waals surface area contributed by atoms with Crippen molar-refractivity contribution in [3.05, 3.63) is 71.4 Å². The van der Waals surface area contributed by atoms with Crippen molar-refractivity contribution in [3.63, 3.8) is 0 Å². The molecule has 35 heavy (non-hydrogen) atoms. The fraction of sp³-hybridized carbons (Fsp3) is 0.321. The van der Waals surface area contributed by atoms with Gasteiger partial charge in [-0.3, -0.25) is 4.79 Å². The molecule has 0 bridgehead atoms.